The number of halogens is 2. The van der Waals surface area contributed by atoms with Crippen molar-refractivity contribution in [3.63, 3.8) is 0 Å². The molecule has 2 N–H and O–H groups in total. The fourth-order valence-corrected chi connectivity index (χ4v) is 2.00. The molecular formula is C11H15BrClNO2. The SMILES string of the molecule is CCNCC(O)COc1cc(Cl)cc(Br)c1. The van der Waals surface area contributed by atoms with E-state index in [-0.39, 0.29) is 6.61 Å². The van der Waals surface area contributed by atoms with Gasteiger partial charge in [0.2, 0.25) is 0 Å². The summed E-state index contributed by atoms with van der Waals surface area (Å²) in [5.41, 5.74) is 0. The Labute approximate surface area is 109 Å². The molecule has 1 aromatic carbocycles. The molecule has 0 aliphatic heterocycles. The van der Waals surface area contributed by atoms with Crippen LogP contribution in [0.1, 0.15) is 6.92 Å². The zero-order valence-corrected chi connectivity index (χ0v) is 11.4. The monoisotopic (exact) mass is 307 g/mol. The van der Waals surface area contributed by atoms with Gasteiger partial charge in [0.25, 0.3) is 0 Å². The van der Waals surface area contributed by atoms with E-state index in [4.69, 9.17) is 16.3 Å². The number of aliphatic hydroxyl groups is 1. The molecule has 0 bridgehead atoms. The van der Waals surface area contributed by atoms with Crippen molar-refractivity contribution in [1.82, 2.24) is 5.32 Å². The molecule has 0 aliphatic carbocycles. The number of hydrogen-bond donors (Lipinski definition) is 2. The summed E-state index contributed by atoms with van der Waals surface area (Å²) in [5, 5.41) is 13.2. The lowest BCUT2D eigenvalue weighted by atomic mass is 10.3. The lowest BCUT2D eigenvalue weighted by molar-refractivity contribution is 0.107. The summed E-state index contributed by atoms with van der Waals surface area (Å²) in [7, 11) is 0. The molecule has 0 heterocycles. The third-order valence-corrected chi connectivity index (χ3v) is 2.58. The molecule has 1 rings (SSSR count). The Morgan fingerprint density at radius 2 is 2.25 bits per heavy atom. The van der Waals surface area contributed by atoms with Gasteiger partial charge in [0.1, 0.15) is 18.5 Å². The third kappa shape index (κ3) is 5.16. The van der Waals surface area contributed by atoms with Crippen LogP contribution in [-0.4, -0.2) is 30.9 Å². The van der Waals surface area contributed by atoms with Gasteiger partial charge in [0, 0.05) is 16.0 Å². The minimum atomic E-state index is -0.516. The van der Waals surface area contributed by atoms with Crippen LogP contribution in [0.4, 0.5) is 0 Å². The first-order valence-corrected chi connectivity index (χ1v) is 6.26. The van der Waals surface area contributed by atoms with Crippen molar-refractivity contribution in [1.29, 1.82) is 0 Å². The van der Waals surface area contributed by atoms with Gasteiger partial charge in [-0.05, 0) is 24.7 Å². The van der Waals surface area contributed by atoms with Gasteiger partial charge in [-0.3, -0.25) is 0 Å². The Morgan fingerprint density at radius 1 is 1.50 bits per heavy atom. The zero-order chi connectivity index (χ0) is 12.0. The van der Waals surface area contributed by atoms with Crippen molar-refractivity contribution in [2.24, 2.45) is 0 Å². The molecule has 1 atom stereocenters. The standard InChI is InChI=1S/C11H15BrClNO2/c1-2-14-6-10(15)7-16-11-4-8(12)3-9(13)5-11/h3-5,10,14-15H,2,6-7H2,1H3. The van der Waals surface area contributed by atoms with Crippen LogP contribution in [0.15, 0.2) is 22.7 Å². The highest BCUT2D eigenvalue weighted by atomic mass is 79.9. The highest BCUT2D eigenvalue weighted by Gasteiger charge is 2.05. The van der Waals surface area contributed by atoms with Gasteiger partial charge in [-0.2, -0.15) is 0 Å². The van der Waals surface area contributed by atoms with E-state index in [1.165, 1.54) is 0 Å². The molecule has 3 nitrogen and oxygen atoms in total. The van der Waals surface area contributed by atoms with Crippen LogP contribution in [0, 0.1) is 0 Å². The number of ether oxygens (including phenoxy) is 1. The first-order valence-electron chi connectivity index (χ1n) is 5.09. The molecule has 0 aliphatic rings. The lowest BCUT2D eigenvalue weighted by Crippen LogP contribution is -2.31. The van der Waals surface area contributed by atoms with Gasteiger partial charge in [-0.15, -0.1) is 0 Å². The van der Waals surface area contributed by atoms with Crippen LogP contribution in [0.25, 0.3) is 0 Å². The predicted octanol–water partition coefficient (Wildman–Crippen LogP) is 2.45. The molecule has 0 saturated carbocycles. The second-order valence-electron chi connectivity index (χ2n) is 3.38. The van der Waals surface area contributed by atoms with Crippen LogP contribution >= 0.6 is 27.5 Å². The second-order valence-corrected chi connectivity index (χ2v) is 4.73. The third-order valence-electron chi connectivity index (χ3n) is 1.91. The maximum atomic E-state index is 9.55. The van der Waals surface area contributed by atoms with Gasteiger partial charge in [0.05, 0.1) is 0 Å². The minimum Gasteiger partial charge on any atom is -0.491 e. The molecule has 0 spiro atoms. The molecule has 0 fully saturated rings. The molecule has 0 aromatic heterocycles. The molecule has 0 saturated heterocycles. The van der Waals surface area contributed by atoms with Crippen LogP contribution in [0.3, 0.4) is 0 Å². The number of nitrogens with one attached hydrogen (secondary N) is 1. The highest BCUT2D eigenvalue weighted by molar-refractivity contribution is 9.10. The van der Waals surface area contributed by atoms with Crippen molar-refractivity contribution in [2.45, 2.75) is 13.0 Å². The molecule has 0 amide bonds. The lowest BCUT2D eigenvalue weighted by Gasteiger charge is -2.12. The van der Waals surface area contributed by atoms with Crippen molar-refractivity contribution < 1.29 is 9.84 Å². The number of hydrogen-bond acceptors (Lipinski definition) is 3. The Kier molecular flexibility index (Phi) is 6.13. The molecule has 5 heteroatoms. The molecule has 90 valence electrons. The topological polar surface area (TPSA) is 41.5 Å². The van der Waals surface area contributed by atoms with E-state index >= 15 is 0 Å². The van der Waals surface area contributed by atoms with E-state index in [0.717, 1.165) is 11.0 Å². The van der Waals surface area contributed by atoms with Crippen molar-refractivity contribution in [3.8, 4) is 5.75 Å². The van der Waals surface area contributed by atoms with E-state index in [1.54, 1.807) is 12.1 Å². The Morgan fingerprint density at radius 3 is 2.88 bits per heavy atom. The Balaban J connectivity index is 2.41. The van der Waals surface area contributed by atoms with Crippen LogP contribution in [0.2, 0.25) is 5.02 Å². The maximum Gasteiger partial charge on any atom is 0.122 e. The van der Waals surface area contributed by atoms with Crippen molar-refractivity contribution >= 4 is 27.5 Å². The van der Waals surface area contributed by atoms with Crippen molar-refractivity contribution in [3.05, 3.63) is 27.7 Å². The van der Waals surface area contributed by atoms with E-state index < -0.39 is 6.10 Å². The Hall–Kier alpha value is -0.290. The summed E-state index contributed by atoms with van der Waals surface area (Å²) in [4.78, 5) is 0. The predicted molar refractivity (Wildman–Crippen MR) is 69.2 cm³/mol. The van der Waals surface area contributed by atoms with Crippen molar-refractivity contribution in [2.75, 3.05) is 19.7 Å². The van der Waals surface area contributed by atoms with E-state index in [1.807, 2.05) is 13.0 Å². The summed E-state index contributed by atoms with van der Waals surface area (Å²) in [6.45, 7) is 3.60. The summed E-state index contributed by atoms with van der Waals surface area (Å²) >= 11 is 9.19. The second kappa shape index (κ2) is 7.12. The van der Waals surface area contributed by atoms with E-state index in [0.29, 0.717) is 17.3 Å². The normalized spacial score (nSPS) is 12.5. The first-order chi connectivity index (χ1) is 7.61. The van der Waals surface area contributed by atoms with Crippen LogP contribution in [-0.2, 0) is 0 Å². The van der Waals surface area contributed by atoms with Crippen LogP contribution in [0.5, 0.6) is 5.75 Å². The molecular weight excluding hydrogens is 293 g/mol. The molecule has 1 aromatic rings. The maximum absolute atomic E-state index is 9.55. The number of likely N-dealkylation sites (N-methyl/N-ethyl adjacent to an activating group) is 1. The smallest absolute Gasteiger partial charge is 0.122 e. The summed E-state index contributed by atoms with van der Waals surface area (Å²) < 4.78 is 6.28. The Bertz CT molecular complexity index is 316. The van der Waals surface area contributed by atoms with Crippen LogP contribution < -0.4 is 10.1 Å². The zero-order valence-electron chi connectivity index (χ0n) is 9.04. The number of aliphatic hydroxyl groups excluding tert-OH is 1. The van der Waals surface area contributed by atoms with Gasteiger partial charge >= 0.3 is 0 Å². The van der Waals surface area contributed by atoms with Gasteiger partial charge < -0.3 is 15.2 Å². The molecule has 0 radical (unpaired) electrons. The first kappa shape index (κ1) is 13.8. The average molecular weight is 309 g/mol. The van der Waals surface area contributed by atoms with E-state index in [2.05, 4.69) is 21.2 Å². The fourth-order valence-electron chi connectivity index (χ4n) is 1.17. The summed E-state index contributed by atoms with van der Waals surface area (Å²) in [6, 6.07) is 5.31. The van der Waals surface area contributed by atoms with Gasteiger partial charge in [-0.1, -0.05) is 34.5 Å². The quantitative estimate of drug-likeness (QED) is 0.848. The molecule has 16 heavy (non-hydrogen) atoms. The number of benzene rings is 1. The highest BCUT2D eigenvalue weighted by Crippen LogP contribution is 2.24. The fraction of sp³-hybridized carbons (Fsp3) is 0.455. The molecule has 1 unspecified atom stereocenters. The number of rotatable bonds is 6. The summed E-state index contributed by atoms with van der Waals surface area (Å²) in [5.74, 6) is 0.648. The summed E-state index contributed by atoms with van der Waals surface area (Å²) in [6.07, 6.45) is -0.516. The minimum absolute atomic E-state index is 0.250. The van der Waals surface area contributed by atoms with Gasteiger partial charge in [0.15, 0.2) is 0 Å². The largest absolute Gasteiger partial charge is 0.491 e. The van der Waals surface area contributed by atoms with Gasteiger partial charge in [-0.25, -0.2) is 0 Å². The van der Waals surface area contributed by atoms with E-state index in [9.17, 15) is 5.11 Å². The average Bonchev–Trinajstić information content (AvgIpc) is 2.22.